The Morgan fingerprint density at radius 1 is 1.61 bits per heavy atom. The van der Waals surface area contributed by atoms with Crippen LogP contribution < -0.4 is 0 Å². The first-order valence-electron chi connectivity index (χ1n) is 4.68. The summed E-state index contributed by atoms with van der Waals surface area (Å²) < 4.78 is 42.5. The summed E-state index contributed by atoms with van der Waals surface area (Å²) in [4.78, 5) is 23.3. The van der Waals surface area contributed by atoms with E-state index in [9.17, 15) is 28.1 Å². The van der Waals surface area contributed by atoms with E-state index in [2.05, 4.69) is 9.72 Å². The van der Waals surface area contributed by atoms with Crippen LogP contribution in [0.2, 0.25) is 0 Å². The molecule has 6 nitrogen and oxygen atoms in total. The molecule has 0 bridgehead atoms. The maximum atomic E-state index is 13.3. The minimum Gasteiger partial charge on any atom is -0.462 e. The summed E-state index contributed by atoms with van der Waals surface area (Å²) in [7, 11) is 0. The fourth-order valence-electron chi connectivity index (χ4n) is 1.15. The molecule has 0 aliphatic carbocycles. The summed E-state index contributed by atoms with van der Waals surface area (Å²) >= 11 is 0. The zero-order chi connectivity index (χ0) is 13.9. The summed E-state index contributed by atoms with van der Waals surface area (Å²) in [6, 6.07) is 0.391. The van der Waals surface area contributed by atoms with Gasteiger partial charge in [0.1, 0.15) is 5.56 Å². The molecule has 1 heterocycles. The molecule has 18 heavy (non-hydrogen) atoms. The van der Waals surface area contributed by atoms with Crippen LogP contribution in [0.15, 0.2) is 6.07 Å². The number of aromatic nitrogens is 1. The number of halogens is 3. The molecule has 0 amide bonds. The SMILES string of the molecule is CCOC(=O)c1cc([N+](=O)[O-])c(C(F)F)nc1F. The Labute approximate surface area is 98.5 Å². The lowest BCUT2D eigenvalue weighted by molar-refractivity contribution is -0.386. The van der Waals surface area contributed by atoms with Crippen molar-refractivity contribution < 1.29 is 27.6 Å². The molecular formula is C9H7F3N2O4. The van der Waals surface area contributed by atoms with Gasteiger partial charge in [-0.05, 0) is 6.92 Å². The van der Waals surface area contributed by atoms with Crippen molar-refractivity contribution in [3.63, 3.8) is 0 Å². The van der Waals surface area contributed by atoms with Crippen molar-refractivity contribution >= 4 is 11.7 Å². The number of rotatable bonds is 4. The maximum Gasteiger partial charge on any atom is 0.343 e. The molecule has 0 aliphatic rings. The second-order valence-electron chi connectivity index (χ2n) is 3.01. The van der Waals surface area contributed by atoms with Crippen LogP contribution in [-0.2, 0) is 4.74 Å². The lowest BCUT2D eigenvalue weighted by atomic mass is 10.2. The first-order chi connectivity index (χ1) is 8.38. The van der Waals surface area contributed by atoms with Gasteiger partial charge in [-0.25, -0.2) is 18.6 Å². The fraction of sp³-hybridized carbons (Fsp3) is 0.333. The molecule has 0 fully saturated rings. The van der Waals surface area contributed by atoms with Crippen LogP contribution >= 0.6 is 0 Å². The molecule has 98 valence electrons. The number of pyridine rings is 1. The van der Waals surface area contributed by atoms with Crippen LogP contribution in [0.5, 0.6) is 0 Å². The van der Waals surface area contributed by atoms with Gasteiger partial charge in [0.25, 0.3) is 12.1 Å². The average molecular weight is 264 g/mol. The topological polar surface area (TPSA) is 82.3 Å². The Balaban J connectivity index is 3.36. The zero-order valence-corrected chi connectivity index (χ0v) is 9.02. The molecule has 0 unspecified atom stereocenters. The smallest absolute Gasteiger partial charge is 0.343 e. The second kappa shape index (κ2) is 5.43. The quantitative estimate of drug-likeness (QED) is 0.360. The lowest BCUT2D eigenvalue weighted by Crippen LogP contribution is -2.12. The highest BCUT2D eigenvalue weighted by atomic mass is 19.3. The number of hydrogen-bond donors (Lipinski definition) is 0. The molecule has 0 atom stereocenters. The van der Waals surface area contributed by atoms with E-state index in [1.54, 1.807) is 0 Å². The fourth-order valence-corrected chi connectivity index (χ4v) is 1.15. The highest BCUT2D eigenvalue weighted by molar-refractivity contribution is 5.90. The van der Waals surface area contributed by atoms with Crippen molar-refractivity contribution in [2.24, 2.45) is 0 Å². The summed E-state index contributed by atoms with van der Waals surface area (Å²) in [5.74, 6) is -2.74. The third-order valence-electron chi connectivity index (χ3n) is 1.88. The standard InChI is InChI=1S/C9H7F3N2O4/c1-2-18-9(15)4-3-5(14(16)17)6(7(10)11)13-8(4)12/h3,7H,2H2,1H3. The highest BCUT2D eigenvalue weighted by Crippen LogP contribution is 2.28. The van der Waals surface area contributed by atoms with Crippen molar-refractivity contribution in [1.82, 2.24) is 4.98 Å². The van der Waals surface area contributed by atoms with Gasteiger partial charge >= 0.3 is 5.97 Å². The summed E-state index contributed by atoms with van der Waals surface area (Å²) in [6.07, 6.45) is -3.32. The van der Waals surface area contributed by atoms with E-state index in [0.717, 1.165) is 0 Å². The van der Waals surface area contributed by atoms with E-state index in [1.807, 2.05) is 0 Å². The van der Waals surface area contributed by atoms with Crippen LogP contribution in [-0.4, -0.2) is 22.5 Å². The van der Waals surface area contributed by atoms with E-state index in [0.29, 0.717) is 6.07 Å². The molecule has 9 heteroatoms. The van der Waals surface area contributed by atoms with Gasteiger partial charge in [0.05, 0.1) is 11.5 Å². The predicted octanol–water partition coefficient (Wildman–Crippen LogP) is 2.24. The zero-order valence-electron chi connectivity index (χ0n) is 9.02. The molecule has 1 rings (SSSR count). The number of alkyl halides is 2. The average Bonchev–Trinajstić information content (AvgIpc) is 2.28. The molecule has 1 aromatic heterocycles. The number of carbonyl (C=O) groups excluding carboxylic acids is 1. The Kier molecular flexibility index (Phi) is 4.18. The van der Waals surface area contributed by atoms with Crippen LogP contribution in [0.3, 0.4) is 0 Å². The van der Waals surface area contributed by atoms with Crippen LogP contribution in [0.4, 0.5) is 18.9 Å². The van der Waals surface area contributed by atoms with Crippen molar-refractivity contribution in [3.05, 3.63) is 33.4 Å². The molecule has 0 saturated carbocycles. The van der Waals surface area contributed by atoms with Crippen molar-refractivity contribution in [2.45, 2.75) is 13.3 Å². The van der Waals surface area contributed by atoms with Crippen LogP contribution in [0.25, 0.3) is 0 Å². The third kappa shape index (κ3) is 2.73. The number of hydrogen-bond acceptors (Lipinski definition) is 5. The number of carbonyl (C=O) groups is 1. The Bertz CT molecular complexity index is 493. The summed E-state index contributed by atoms with van der Waals surface area (Å²) in [6.45, 7) is 1.34. The van der Waals surface area contributed by atoms with E-state index in [-0.39, 0.29) is 6.61 Å². The van der Waals surface area contributed by atoms with Crippen molar-refractivity contribution in [1.29, 1.82) is 0 Å². The largest absolute Gasteiger partial charge is 0.462 e. The molecule has 0 saturated heterocycles. The molecule has 0 N–H and O–H groups in total. The Hall–Kier alpha value is -2.19. The second-order valence-corrected chi connectivity index (χ2v) is 3.01. The summed E-state index contributed by atoms with van der Waals surface area (Å²) in [5, 5.41) is 10.5. The monoisotopic (exact) mass is 264 g/mol. The van der Waals surface area contributed by atoms with Gasteiger partial charge in [0.15, 0.2) is 5.69 Å². The van der Waals surface area contributed by atoms with Gasteiger partial charge in [-0.2, -0.15) is 4.39 Å². The van der Waals surface area contributed by atoms with E-state index < -0.39 is 40.2 Å². The Morgan fingerprint density at radius 3 is 2.67 bits per heavy atom. The van der Waals surface area contributed by atoms with Gasteiger partial charge in [0.2, 0.25) is 5.95 Å². The molecular weight excluding hydrogens is 257 g/mol. The van der Waals surface area contributed by atoms with Crippen LogP contribution in [0, 0.1) is 16.1 Å². The van der Waals surface area contributed by atoms with E-state index >= 15 is 0 Å². The minimum absolute atomic E-state index is 0.0946. The van der Waals surface area contributed by atoms with Gasteiger partial charge in [-0.1, -0.05) is 0 Å². The van der Waals surface area contributed by atoms with Crippen molar-refractivity contribution in [3.8, 4) is 0 Å². The number of nitro groups is 1. The highest BCUT2D eigenvalue weighted by Gasteiger charge is 2.29. The van der Waals surface area contributed by atoms with E-state index in [4.69, 9.17) is 0 Å². The van der Waals surface area contributed by atoms with Crippen molar-refractivity contribution in [2.75, 3.05) is 6.61 Å². The molecule has 0 spiro atoms. The number of esters is 1. The number of nitrogens with zero attached hydrogens (tertiary/aromatic N) is 2. The molecule has 0 aliphatic heterocycles. The number of ether oxygens (including phenoxy) is 1. The normalized spacial score (nSPS) is 10.5. The first-order valence-corrected chi connectivity index (χ1v) is 4.68. The van der Waals surface area contributed by atoms with Gasteiger partial charge in [-0.15, -0.1) is 0 Å². The van der Waals surface area contributed by atoms with Gasteiger partial charge in [0, 0.05) is 6.07 Å². The molecule has 0 aromatic carbocycles. The van der Waals surface area contributed by atoms with Gasteiger partial charge in [-0.3, -0.25) is 10.1 Å². The maximum absolute atomic E-state index is 13.3. The molecule has 0 radical (unpaired) electrons. The van der Waals surface area contributed by atoms with E-state index in [1.165, 1.54) is 6.92 Å². The van der Waals surface area contributed by atoms with Gasteiger partial charge < -0.3 is 4.74 Å². The lowest BCUT2D eigenvalue weighted by Gasteiger charge is -2.05. The first kappa shape index (κ1) is 13.9. The molecule has 1 aromatic rings. The summed E-state index contributed by atoms with van der Waals surface area (Å²) in [5.41, 5.74) is -3.31. The third-order valence-corrected chi connectivity index (χ3v) is 1.88. The Morgan fingerprint density at radius 2 is 2.22 bits per heavy atom. The van der Waals surface area contributed by atoms with Crippen LogP contribution in [0.1, 0.15) is 29.4 Å². The predicted molar refractivity (Wildman–Crippen MR) is 51.8 cm³/mol. The minimum atomic E-state index is -3.32.